The van der Waals surface area contributed by atoms with Gasteiger partial charge in [-0.2, -0.15) is 13.2 Å². The van der Waals surface area contributed by atoms with Gasteiger partial charge in [-0.25, -0.2) is 17.8 Å². The second-order valence-corrected chi connectivity index (χ2v) is 7.50. The molecule has 1 N–H and O–H groups in total. The SMILES string of the molecule is O=S(=O)(NCc1cn(-c2cccnc2)nn1)c1ccc(Cl)c(C(F)(F)F)c1. The summed E-state index contributed by atoms with van der Waals surface area (Å²) in [4.78, 5) is 3.37. The lowest BCUT2D eigenvalue weighted by Gasteiger charge is -2.11. The third kappa shape index (κ3) is 4.43. The summed E-state index contributed by atoms with van der Waals surface area (Å²) in [6.45, 7) is -0.257. The number of aromatic nitrogens is 4. The number of nitrogens with zero attached hydrogens (tertiary/aromatic N) is 4. The van der Waals surface area contributed by atoms with E-state index in [9.17, 15) is 21.6 Å². The molecule has 0 unspecified atom stereocenters. The summed E-state index contributed by atoms with van der Waals surface area (Å²) in [6.07, 6.45) is -0.177. The van der Waals surface area contributed by atoms with Gasteiger partial charge < -0.3 is 0 Å². The highest BCUT2D eigenvalue weighted by molar-refractivity contribution is 7.89. The highest BCUT2D eigenvalue weighted by Gasteiger charge is 2.34. The van der Waals surface area contributed by atoms with Crippen LogP contribution in [-0.2, 0) is 22.7 Å². The highest BCUT2D eigenvalue weighted by Crippen LogP contribution is 2.35. The van der Waals surface area contributed by atoms with Gasteiger partial charge in [0.25, 0.3) is 0 Å². The number of pyridine rings is 1. The van der Waals surface area contributed by atoms with Gasteiger partial charge in [-0.05, 0) is 30.3 Å². The van der Waals surface area contributed by atoms with Gasteiger partial charge in [0.1, 0.15) is 0 Å². The van der Waals surface area contributed by atoms with Crippen LogP contribution in [0.15, 0.2) is 53.8 Å². The molecule has 0 aliphatic heterocycles. The largest absolute Gasteiger partial charge is 0.417 e. The van der Waals surface area contributed by atoms with Crippen molar-refractivity contribution in [3.05, 3.63) is 65.2 Å². The van der Waals surface area contributed by atoms with Crippen LogP contribution in [0, 0.1) is 0 Å². The van der Waals surface area contributed by atoms with Crippen LogP contribution in [0.3, 0.4) is 0 Å². The Morgan fingerprint density at radius 2 is 2.00 bits per heavy atom. The lowest BCUT2D eigenvalue weighted by Crippen LogP contribution is -2.24. The van der Waals surface area contributed by atoms with Crippen molar-refractivity contribution in [2.24, 2.45) is 0 Å². The predicted molar refractivity (Wildman–Crippen MR) is 89.6 cm³/mol. The summed E-state index contributed by atoms with van der Waals surface area (Å²) in [5.74, 6) is 0. The minimum atomic E-state index is -4.77. The smallest absolute Gasteiger partial charge is 0.262 e. The number of halogens is 4. The van der Waals surface area contributed by atoms with Crippen LogP contribution < -0.4 is 4.72 Å². The van der Waals surface area contributed by atoms with Crippen LogP contribution in [-0.4, -0.2) is 28.4 Å². The third-order valence-electron chi connectivity index (χ3n) is 3.45. The molecule has 27 heavy (non-hydrogen) atoms. The molecule has 142 valence electrons. The van der Waals surface area contributed by atoms with Crippen molar-refractivity contribution in [2.45, 2.75) is 17.6 Å². The van der Waals surface area contributed by atoms with Crippen LogP contribution in [0.25, 0.3) is 5.69 Å². The molecule has 2 aromatic heterocycles. The molecule has 3 aromatic rings. The summed E-state index contributed by atoms with van der Waals surface area (Å²) >= 11 is 5.50. The molecule has 0 radical (unpaired) electrons. The molecule has 7 nitrogen and oxygen atoms in total. The van der Waals surface area contributed by atoms with Crippen molar-refractivity contribution in [2.75, 3.05) is 0 Å². The molecule has 0 aliphatic rings. The quantitative estimate of drug-likeness (QED) is 0.689. The molecule has 3 rings (SSSR count). The van der Waals surface area contributed by atoms with Gasteiger partial charge in [-0.1, -0.05) is 16.8 Å². The highest BCUT2D eigenvalue weighted by atomic mass is 35.5. The molecule has 1 aromatic carbocycles. The number of hydrogen-bond donors (Lipinski definition) is 1. The summed E-state index contributed by atoms with van der Waals surface area (Å²) < 4.78 is 66.9. The molecule has 0 aliphatic carbocycles. The number of benzene rings is 1. The van der Waals surface area contributed by atoms with Crippen LogP contribution in [0.5, 0.6) is 0 Å². The molecular weight excluding hydrogens is 407 g/mol. The summed E-state index contributed by atoms with van der Waals surface area (Å²) in [5, 5.41) is 7.08. The maximum Gasteiger partial charge on any atom is 0.417 e. The zero-order chi connectivity index (χ0) is 19.7. The second kappa shape index (κ2) is 7.25. The first kappa shape index (κ1) is 19.3. The second-order valence-electron chi connectivity index (χ2n) is 5.33. The van der Waals surface area contributed by atoms with E-state index in [1.54, 1.807) is 18.3 Å². The molecule has 2 heterocycles. The van der Waals surface area contributed by atoms with Crippen LogP contribution >= 0.6 is 11.6 Å². The lowest BCUT2D eigenvalue weighted by molar-refractivity contribution is -0.137. The van der Waals surface area contributed by atoms with E-state index in [0.717, 1.165) is 12.1 Å². The Hall–Kier alpha value is -2.50. The molecule has 0 bridgehead atoms. The average molecular weight is 418 g/mol. The molecule has 0 saturated carbocycles. The molecule has 0 saturated heterocycles. The molecule has 0 amide bonds. The van der Waals surface area contributed by atoms with Crippen molar-refractivity contribution in [1.82, 2.24) is 24.7 Å². The van der Waals surface area contributed by atoms with Crippen LogP contribution in [0.2, 0.25) is 5.02 Å². The first-order chi connectivity index (χ1) is 12.7. The molecule has 0 atom stereocenters. The van der Waals surface area contributed by atoms with Gasteiger partial charge in [0.2, 0.25) is 10.0 Å². The van der Waals surface area contributed by atoms with Gasteiger partial charge in [0.15, 0.2) is 0 Å². The van der Waals surface area contributed by atoms with Gasteiger partial charge >= 0.3 is 6.18 Å². The number of alkyl halides is 3. The predicted octanol–water partition coefficient (Wildman–Crippen LogP) is 2.81. The third-order valence-corrected chi connectivity index (χ3v) is 5.18. The van der Waals surface area contributed by atoms with E-state index in [2.05, 4.69) is 20.0 Å². The monoisotopic (exact) mass is 417 g/mol. The maximum atomic E-state index is 12.9. The molecule has 12 heteroatoms. The van der Waals surface area contributed by atoms with E-state index in [-0.39, 0.29) is 12.2 Å². The number of nitrogens with one attached hydrogen (secondary N) is 1. The topological polar surface area (TPSA) is 89.8 Å². The van der Waals surface area contributed by atoms with Gasteiger partial charge in [0.05, 0.1) is 45.8 Å². The minimum Gasteiger partial charge on any atom is -0.262 e. The lowest BCUT2D eigenvalue weighted by atomic mass is 10.2. The van der Waals surface area contributed by atoms with Crippen LogP contribution in [0.4, 0.5) is 13.2 Å². The van der Waals surface area contributed by atoms with E-state index in [4.69, 9.17) is 11.6 Å². The molecule has 0 fully saturated rings. The Labute approximate surface area is 156 Å². The molecule has 0 spiro atoms. The zero-order valence-electron chi connectivity index (χ0n) is 13.4. The summed E-state index contributed by atoms with van der Waals surface area (Å²) in [5.41, 5.74) is -0.339. The zero-order valence-corrected chi connectivity index (χ0v) is 14.9. The Balaban J connectivity index is 1.77. The molecular formula is C15H11ClF3N5O2S. The van der Waals surface area contributed by atoms with Gasteiger partial charge in [-0.15, -0.1) is 5.10 Å². The minimum absolute atomic E-state index is 0.257. The first-order valence-corrected chi connectivity index (χ1v) is 9.21. The van der Waals surface area contributed by atoms with E-state index < -0.39 is 31.7 Å². The van der Waals surface area contributed by atoms with Crippen molar-refractivity contribution >= 4 is 21.6 Å². The van der Waals surface area contributed by atoms with Crippen molar-refractivity contribution in [3.63, 3.8) is 0 Å². The number of sulfonamides is 1. The fourth-order valence-corrected chi connectivity index (χ4v) is 3.39. The Morgan fingerprint density at radius 1 is 1.22 bits per heavy atom. The van der Waals surface area contributed by atoms with Crippen molar-refractivity contribution < 1.29 is 21.6 Å². The van der Waals surface area contributed by atoms with E-state index in [1.165, 1.54) is 17.1 Å². The van der Waals surface area contributed by atoms with E-state index >= 15 is 0 Å². The van der Waals surface area contributed by atoms with E-state index in [0.29, 0.717) is 11.8 Å². The first-order valence-electron chi connectivity index (χ1n) is 7.35. The summed E-state index contributed by atoms with van der Waals surface area (Å²) in [6, 6.07) is 5.78. The Kier molecular flexibility index (Phi) is 5.18. The van der Waals surface area contributed by atoms with Crippen molar-refractivity contribution in [3.8, 4) is 5.69 Å². The standard InChI is InChI=1S/C15H11ClF3N5O2S/c16-14-4-3-12(6-13(14)15(17,18)19)27(25,26)21-7-10-9-24(23-22-10)11-2-1-5-20-8-11/h1-6,8-9,21H,7H2. The van der Waals surface area contributed by atoms with Gasteiger partial charge in [0, 0.05) is 6.20 Å². The fraction of sp³-hybridized carbons (Fsp3) is 0.133. The Morgan fingerprint density at radius 3 is 2.67 bits per heavy atom. The maximum absolute atomic E-state index is 12.9. The fourth-order valence-electron chi connectivity index (χ4n) is 2.14. The average Bonchev–Trinajstić information content (AvgIpc) is 3.09. The summed E-state index contributed by atoms with van der Waals surface area (Å²) in [7, 11) is -4.21. The Bertz CT molecular complexity index is 1050. The number of rotatable bonds is 5. The van der Waals surface area contributed by atoms with E-state index in [1.807, 2.05) is 0 Å². The van der Waals surface area contributed by atoms with Crippen LogP contribution in [0.1, 0.15) is 11.3 Å². The van der Waals surface area contributed by atoms with Crippen molar-refractivity contribution in [1.29, 1.82) is 0 Å². The van der Waals surface area contributed by atoms with Gasteiger partial charge in [-0.3, -0.25) is 4.98 Å². The normalized spacial score (nSPS) is 12.3. The number of hydrogen-bond acceptors (Lipinski definition) is 5.